The first kappa shape index (κ1) is 17.7. The van der Waals surface area contributed by atoms with Gasteiger partial charge < -0.3 is 14.5 Å². The molecule has 1 unspecified atom stereocenters. The van der Waals surface area contributed by atoms with Crippen molar-refractivity contribution in [3.8, 4) is 5.75 Å². The molecule has 0 fully saturated rings. The number of carbonyl (C=O) groups is 2. The van der Waals surface area contributed by atoms with Gasteiger partial charge in [-0.1, -0.05) is 36.4 Å². The summed E-state index contributed by atoms with van der Waals surface area (Å²) < 4.78 is 10.8. The molecule has 26 heavy (non-hydrogen) atoms. The van der Waals surface area contributed by atoms with Crippen molar-refractivity contribution in [2.45, 2.75) is 26.4 Å². The van der Waals surface area contributed by atoms with E-state index in [1.54, 1.807) is 6.92 Å². The molecule has 0 saturated carbocycles. The summed E-state index contributed by atoms with van der Waals surface area (Å²) in [7, 11) is 0. The standard InChI is InChI=1S/C21H21NO4/c1-14-20(17-10-6-7-11-18(17)22-14)21(24)15(2)26-19(23)12-13-25-16-8-4-3-5-9-16/h3-11,15,22H,12-13H2,1-2H3. The number of ether oxygens (including phenoxy) is 2. The quantitative estimate of drug-likeness (QED) is 0.515. The number of rotatable bonds is 7. The van der Waals surface area contributed by atoms with Crippen LogP contribution in [0.1, 0.15) is 29.4 Å². The number of H-pyrrole nitrogens is 1. The minimum absolute atomic E-state index is 0.0827. The van der Waals surface area contributed by atoms with E-state index >= 15 is 0 Å². The Kier molecular flexibility index (Phi) is 5.37. The van der Waals surface area contributed by atoms with Gasteiger partial charge in [0.05, 0.1) is 13.0 Å². The lowest BCUT2D eigenvalue weighted by atomic mass is 10.0. The molecule has 3 rings (SSSR count). The number of fused-ring (bicyclic) bond motifs is 1. The van der Waals surface area contributed by atoms with Crippen LogP contribution in [-0.4, -0.2) is 29.4 Å². The summed E-state index contributed by atoms with van der Waals surface area (Å²) in [5.74, 6) is 0.0235. The minimum atomic E-state index is -0.850. The molecule has 0 aliphatic heterocycles. The summed E-state index contributed by atoms with van der Waals surface area (Å²) >= 11 is 0. The highest BCUT2D eigenvalue weighted by Crippen LogP contribution is 2.24. The van der Waals surface area contributed by atoms with E-state index in [1.165, 1.54) is 0 Å². The molecule has 134 valence electrons. The van der Waals surface area contributed by atoms with Crippen LogP contribution in [0.15, 0.2) is 54.6 Å². The van der Waals surface area contributed by atoms with Gasteiger partial charge in [0.15, 0.2) is 6.10 Å². The van der Waals surface area contributed by atoms with Crippen molar-refractivity contribution in [3.63, 3.8) is 0 Å². The van der Waals surface area contributed by atoms with Crippen LogP contribution in [0, 0.1) is 6.92 Å². The molecule has 0 radical (unpaired) electrons. The molecule has 1 atom stereocenters. The third-order valence-electron chi connectivity index (χ3n) is 4.14. The smallest absolute Gasteiger partial charge is 0.309 e. The van der Waals surface area contributed by atoms with Crippen molar-refractivity contribution < 1.29 is 19.1 Å². The van der Waals surface area contributed by atoms with Gasteiger partial charge in [0.1, 0.15) is 5.75 Å². The lowest BCUT2D eigenvalue weighted by molar-refractivity contribution is -0.146. The molecular formula is C21H21NO4. The number of carbonyl (C=O) groups excluding carboxylic acids is 2. The number of esters is 1. The van der Waals surface area contributed by atoms with Gasteiger partial charge in [-0.15, -0.1) is 0 Å². The van der Waals surface area contributed by atoms with E-state index in [4.69, 9.17) is 9.47 Å². The number of nitrogens with one attached hydrogen (secondary N) is 1. The van der Waals surface area contributed by atoms with Crippen molar-refractivity contribution >= 4 is 22.7 Å². The molecule has 5 heteroatoms. The highest BCUT2D eigenvalue weighted by Gasteiger charge is 2.24. The van der Waals surface area contributed by atoms with E-state index in [1.807, 2.05) is 61.5 Å². The number of hydrogen-bond acceptors (Lipinski definition) is 4. The van der Waals surface area contributed by atoms with Crippen molar-refractivity contribution in [1.29, 1.82) is 0 Å². The Morgan fingerprint density at radius 3 is 2.50 bits per heavy atom. The molecule has 5 nitrogen and oxygen atoms in total. The number of aromatic amines is 1. The summed E-state index contributed by atoms with van der Waals surface area (Å²) in [6.45, 7) is 3.64. The number of Topliss-reactive ketones (excluding diaryl/α,β-unsaturated/α-hetero) is 1. The van der Waals surface area contributed by atoms with Gasteiger partial charge in [0.25, 0.3) is 0 Å². The van der Waals surface area contributed by atoms with Gasteiger partial charge in [-0.05, 0) is 32.0 Å². The predicted octanol–water partition coefficient (Wildman–Crippen LogP) is 4.06. The fourth-order valence-electron chi connectivity index (χ4n) is 2.88. The second-order valence-electron chi connectivity index (χ2n) is 6.08. The van der Waals surface area contributed by atoms with E-state index in [0.717, 1.165) is 16.6 Å². The summed E-state index contributed by atoms with van der Waals surface area (Å²) in [4.78, 5) is 27.9. The fourth-order valence-corrected chi connectivity index (χ4v) is 2.88. The minimum Gasteiger partial charge on any atom is -0.493 e. The van der Waals surface area contributed by atoms with Crippen LogP contribution in [0.25, 0.3) is 10.9 Å². The third-order valence-corrected chi connectivity index (χ3v) is 4.14. The zero-order valence-corrected chi connectivity index (χ0v) is 14.8. The summed E-state index contributed by atoms with van der Waals surface area (Å²) in [5, 5.41) is 0.838. The second kappa shape index (κ2) is 7.87. The van der Waals surface area contributed by atoms with E-state index in [2.05, 4.69) is 4.98 Å². The molecule has 0 saturated heterocycles. The Morgan fingerprint density at radius 1 is 1.04 bits per heavy atom. The molecule has 1 N–H and O–H groups in total. The number of para-hydroxylation sites is 2. The monoisotopic (exact) mass is 351 g/mol. The van der Waals surface area contributed by atoms with Crippen molar-refractivity contribution in [2.75, 3.05) is 6.61 Å². The van der Waals surface area contributed by atoms with Gasteiger partial charge >= 0.3 is 5.97 Å². The fraction of sp³-hybridized carbons (Fsp3) is 0.238. The molecule has 0 spiro atoms. The van der Waals surface area contributed by atoms with E-state index in [0.29, 0.717) is 11.3 Å². The van der Waals surface area contributed by atoms with Gasteiger partial charge in [-0.2, -0.15) is 0 Å². The molecule has 0 bridgehead atoms. The number of aromatic nitrogens is 1. The van der Waals surface area contributed by atoms with Crippen LogP contribution in [0.2, 0.25) is 0 Å². The van der Waals surface area contributed by atoms with Gasteiger partial charge in [0.2, 0.25) is 5.78 Å². The third kappa shape index (κ3) is 3.94. The molecule has 0 aliphatic carbocycles. The molecule has 0 amide bonds. The predicted molar refractivity (Wildman–Crippen MR) is 99.5 cm³/mol. The summed E-state index contributed by atoms with van der Waals surface area (Å²) in [6.07, 6.45) is -0.767. The first-order valence-electron chi connectivity index (χ1n) is 8.55. The number of aryl methyl sites for hydroxylation is 1. The highest BCUT2D eigenvalue weighted by atomic mass is 16.5. The summed E-state index contributed by atoms with van der Waals surface area (Å²) in [5.41, 5.74) is 2.23. The number of hydrogen-bond donors (Lipinski definition) is 1. The topological polar surface area (TPSA) is 68.4 Å². The average molecular weight is 351 g/mol. The Hall–Kier alpha value is -3.08. The Labute approximate surface area is 151 Å². The second-order valence-corrected chi connectivity index (χ2v) is 6.08. The van der Waals surface area contributed by atoms with Crippen molar-refractivity contribution in [1.82, 2.24) is 4.98 Å². The normalized spacial score (nSPS) is 11.9. The zero-order chi connectivity index (χ0) is 18.5. The van der Waals surface area contributed by atoms with Crippen LogP contribution in [0.3, 0.4) is 0 Å². The average Bonchev–Trinajstić information content (AvgIpc) is 2.97. The molecule has 0 aliphatic rings. The molecular weight excluding hydrogens is 330 g/mol. The van der Waals surface area contributed by atoms with Crippen molar-refractivity contribution in [2.24, 2.45) is 0 Å². The molecule has 1 heterocycles. The van der Waals surface area contributed by atoms with Crippen LogP contribution >= 0.6 is 0 Å². The first-order valence-corrected chi connectivity index (χ1v) is 8.55. The molecule has 1 aromatic heterocycles. The van der Waals surface area contributed by atoms with Crippen LogP contribution < -0.4 is 4.74 Å². The van der Waals surface area contributed by atoms with Crippen LogP contribution in [0.5, 0.6) is 5.75 Å². The maximum atomic E-state index is 12.7. The number of benzene rings is 2. The van der Waals surface area contributed by atoms with Gasteiger partial charge in [-0.25, -0.2) is 0 Å². The SMILES string of the molecule is Cc1[nH]c2ccccc2c1C(=O)C(C)OC(=O)CCOc1ccccc1. The highest BCUT2D eigenvalue weighted by molar-refractivity contribution is 6.11. The maximum Gasteiger partial charge on any atom is 0.309 e. The molecule has 2 aromatic carbocycles. The Morgan fingerprint density at radius 2 is 1.73 bits per heavy atom. The largest absolute Gasteiger partial charge is 0.493 e. The van der Waals surface area contributed by atoms with E-state index < -0.39 is 12.1 Å². The van der Waals surface area contributed by atoms with Crippen LogP contribution in [-0.2, 0) is 9.53 Å². The van der Waals surface area contributed by atoms with Gasteiger partial charge in [-0.3, -0.25) is 9.59 Å². The zero-order valence-electron chi connectivity index (χ0n) is 14.8. The lowest BCUT2D eigenvalue weighted by Gasteiger charge is -2.13. The maximum absolute atomic E-state index is 12.7. The lowest BCUT2D eigenvalue weighted by Crippen LogP contribution is -2.25. The number of ketones is 1. The Bertz CT molecular complexity index is 914. The van der Waals surface area contributed by atoms with Gasteiger partial charge in [0, 0.05) is 22.2 Å². The van der Waals surface area contributed by atoms with E-state index in [-0.39, 0.29) is 18.8 Å². The van der Waals surface area contributed by atoms with Crippen LogP contribution in [0.4, 0.5) is 0 Å². The van der Waals surface area contributed by atoms with Crippen molar-refractivity contribution in [3.05, 3.63) is 65.9 Å². The summed E-state index contributed by atoms with van der Waals surface area (Å²) in [6, 6.07) is 16.8. The Balaban J connectivity index is 1.58. The van der Waals surface area contributed by atoms with E-state index in [9.17, 15) is 9.59 Å². The molecule has 3 aromatic rings. The first-order chi connectivity index (χ1) is 12.6.